The van der Waals surface area contributed by atoms with Crippen LogP contribution in [0.5, 0.6) is 0 Å². The van der Waals surface area contributed by atoms with Gasteiger partial charge in [0.25, 0.3) is 0 Å². The molecule has 240 valence electrons. The van der Waals surface area contributed by atoms with Crippen molar-refractivity contribution in [3.05, 3.63) is 24.3 Å². The molecular weight excluding hydrogens is 526 g/mol. The van der Waals surface area contributed by atoms with Crippen molar-refractivity contribution >= 4 is 5.91 Å². The van der Waals surface area contributed by atoms with E-state index < -0.39 is 49.5 Å². The van der Waals surface area contributed by atoms with Crippen LogP contribution in [-0.2, 0) is 14.3 Å². The standard InChI is InChI=1S/C32H59NO8/c1-3-5-7-9-11-12-13-14-16-18-20-22-28(36)33-25(26(35)21-19-17-15-10-8-6-4-2)24-40-32-31(39)30(38)29(37)27(23-34)41-32/h9,11,19,21,25-27,29-32,34-35,37-39H,3-8,10,12-18,20,22-24H2,1-2H3,(H,33,36)/b11-9-,21-19+. The SMILES string of the molecule is CCCC/C=C\CCCCCCCC(=O)NC(COC1OC(CO)C(O)C(O)C1O)C(O)/C=C/CCCCCCC. The number of carbonyl (C=O) groups excluding carboxylic acids is 1. The Kier molecular flexibility index (Phi) is 22.2. The quantitative estimate of drug-likeness (QED) is 0.0734. The smallest absolute Gasteiger partial charge is 0.220 e. The first kappa shape index (κ1) is 37.7. The average molecular weight is 586 g/mol. The third-order valence-electron chi connectivity index (χ3n) is 7.52. The van der Waals surface area contributed by atoms with Gasteiger partial charge in [0, 0.05) is 6.42 Å². The van der Waals surface area contributed by atoms with Crippen molar-refractivity contribution in [3.63, 3.8) is 0 Å². The summed E-state index contributed by atoms with van der Waals surface area (Å²) in [7, 11) is 0. The third-order valence-corrected chi connectivity index (χ3v) is 7.52. The maximum absolute atomic E-state index is 12.7. The van der Waals surface area contributed by atoms with Gasteiger partial charge in [-0.15, -0.1) is 0 Å². The van der Waals surface area contributed by atoms with E-state index in [4.69, 9.17) is 9.47 Å². The van der Waals surface area contributed by atoms with Crippen LogP contribution in [0.1, 0.15) is 117 Å². The number of carbonyl (C=O) groups is 1. The molecule has 0 radical (unpaired) electrons. The van der Waals surface area contributed by atoms with E-state index in [1.807, 2.05) is 6.08 Å². The molecule has 7 unspecified atom stereocenters. The molecule has 0 aromatic heterocycles. The van der Waals surface area contributed by atoms with Crippen molar-refractivity contribution in [2.24, 2.45) is 0 Å². The van der Waals surface area contributed by atoms with Gasteiger partial charge in [-0.2, -0.15) is 0 Å². The van der Waals surface area contributed by atoms with Crippen LogP contribution in [0.4, 0.5) is 0 Å². The number of amides is 1. The normalized spacial score (nSPS) is 24.7. The molecule has 0 aromatic carbocycles. The summed E-state index contributed by atoms with van der Waals surface area (Å²) in [5.41, 5.74) is 0. The molecule has 0 bridgehead atoms. The van der Waals surface area contributed by atoms with Crippen LogP contribution in [-0.4, -0.2) is 87.5 Å². The minimum atomic E-state index is -1.56. The highest BCUT2D eigenvalue weighted by atomic mass is 16.7. The Balaban J connectivity index is 2.54. The fourth-order valence-electron chi connectivity index (χ4n) is 4.78. The highest BCUT2D eigenvalue weighted by Gasteiger charge is 2.44. The molecule has 1 saturated heterocycles. The number of rotatable bonds is 24. The number of hydrogen-bond donors (Lipinski definition) is 6. The summed E-state index contributed by atoms with van der Waals surface area (Å²) < 4.78 is 11.1. The van der Waals surface area contributed by atoms with Gasteiger partial charge in [0.2, 0.25) is 5.91 Å². The Bertz CT molecular complexity index is 701. The van der Waals surface area contributed by atoms with Crippen molar-refractivity contribution in [1.29, 1.82) is 0 Å². The highest BCUT2D eigenvalue weighted by Crippen LogP contribution is 2.22. The molecule has 7 atom stereocenters. The Morgan fingerprint density at radius 3 is 2.05 bits per heavy atom. The monoisotopic (exact) mass is 585 g/mol. The van der Waals surface area contributed by atoms with Crippen molar-refractivity contribution in [2.75, 3.05) is 13.2 Å². The molecule has 0 aliphatic carbocycles. The molecule has 6 N–H and O–H groups in total. The average Bonchev–Trinajstić information content (AvgIpc) is 2.97. The van der Waals surface area contributed by atoms with Gasteiger partial charge in [0.05, 0.1) is 25.4 Å². The van der Waals surface area contributed by atoms with Gasteiger partial charge in [-0.1, -0.05) is 95.9 Å². The van der Waals surface area contributed by atoms with Crippen LogP contribution in [0, 0.1) is 0 Å². The van der Waals surface area contributed by atoms with E-state index in [0.717, 1.165) is 64.2 Å². The number of nitrogens with one attached hydrogen (secondary N) is 1. The number of aliphatic hydroxyl groups excluding tert-OH is 5. The summed E-state index contributed by atoms with van der Waals surface area (Å²) in [6.45, 7) is 3.61. The number of ether oxygens (including phenoxy) is 2. The second kappa shape index (κ2) is 24.1. The zero-order chi connectivity index (χ0) is 30.3. The summed E-state index contributed by atoms with van der Waals surface area (Å²) in [5, 5.41) is 53.4. The lowest BCUT2D eigenvalue weighted by Crippen LogP contribution is -2.60. The Hall–Kier alpha value is -1.33. The van der Waals surface area contributed by atoms with E-state index in [-0.39, 0.29) is 12.5 Å². The van der Waals surface area contributed by atoms with Crippen molar-refractivity contribution in [1.82, 2.24) is 5.32 Å². The maximum Gasteiger partial charge on any atom is 0.220 e. The first-order valence-corrected chi connectivity index (χ1v) is 16.1. The summed E-state index contributed by atoms with van der Waals surface area (Å²) >= 11 is 0. The number of allylic oxidation sites excluding steroid dienone is 3. The molecule has 1 aliphatic heterocycles. The predicted octanol–water partition coefficient (Wildman–Crippen LogP) is 4.04. The van der Waals surface area contributed by atoms with E-state index in [2.05, 4.69) is 31.3 Å². The molecular formula is C32H59NO8. The number of aliphatic hydroxyl groups is 5. The molecule has 0 aromatic rings. The zero-order valence-electron chi connectivity index (χ0n) is 25.5. The van der Waals surface area contributed by atoms with E-state index in [1.165, 1.54) is 32.1 Å². The Labute approximate surface area is 248 Å². The van der Waals surface area contributed by atoms with Crippen molar-refractivity contribution in [3.8, 4) is 0 Å². The van der Waals surface area contributed by atoms with E-state index in [0.29, 0.717) is 6.42 Å². The summed E-state index contributed by atoms with van der Waals surface area (Å²) in [6.07, 6.45) is 16.7. The Morgan fingerprint density at radius 2 is 1.39 bits per heavy atom. The van der Waals surface area contributed by atoms with Crippen LogP contribution in [0.25, 0.3) is 0 Å². The molecule has 0 saturated carbocycles. The lowest BCUT2D eigenvalue weighted by Gasteiger charge is -2.40. The Morgan fingerprint density at radius 1 is 0.805 bits per heavy atom. The molecule has 1 rings (SSSR count). The molecule has 9 heteroatoms. The van der Waals surface area contributed by atoms with Gasteiger partial charge in [0.1, 0.15) is 24.4 Å². The van der Waals surface area contributed by atoms with E-state index >= 15 is 0 Å². The molecule has 1 aliphatic rings. The fraction of sp³-hybridized carbons (Fsp3) is 0.844. The molecule has 1 amide bonds. The maximum atomic E-state index is 12.7. The van der Waals surface area contributed by atoms with Crippen LogP contribution < -0.4 is 5.32 Å². The molecule has 41 heavy (non-hydrogen) atoms. The highest BCUT2D eigenvalue weighted by molar-refractivity contribution is 5.76. The van der Waals surface area contributed by atoms with Crippen molar-refractivity contribution < 1.29 is 39.8 Å². The van der Waals surface area contributed by atoms with Gasteiger partial charge in [-0.3, -0.25) is 4.79 Å². The minimum absolute atomic E-state index is 0.192. The number of hydrogen-bond acceptors (Lipinski definition) is 8. The van der Waals surface area contributed by atoms with Crippen LogP contribution >= 0.6 is 0 Å². The van der Waals surface area contributed by atoms with Gasteiger partial charge in [-0.05, 0) is 38.5 Å². The van der Waals surface area contributed by atoms with Gasteiger partial charge in [-0.25, -0.2) is 0 Å². The number of unbranched alkanes of at least 4 members (excludes halogenated alkanes) is 12. The van der Waals surface area contributed by atoms with Gasteiger partial charge >= 0.3 is 0 Å². The lowest BCUT2D eigenvalue weighted by molar-refractivity contribution is -0.302. The van der Waals surface area contributed by atoms with Crippen molar-refractivity contribution in [2.45, 2.75) is 159 Å². The van der Waals surface area contributed by atoms with Gasteiger partial charge < -0.3 is 40.3 Å². The predicted molar refractivity (Wildman–Crippen MR) is 161 cm³/mol. The summed E-state index contributed by atoms with van der Waals surface area (Å²) in [5.74, 6) is -0.196. The second-order valence-corrected chi connectivity index (χ2v) is 11.2. The first-order chi connectivity index (χ1) is 19.8. The van der Waals surface area contributed by atoms with Gasteiger partial charge in [0.15, 0.2) is 6.29 Å². The molecule has 1 heterocycles. The van der Waals surface area contributed by atoms with E-state index in [1.54, 1.807) is 6.08 Å². The first-order valence-electron chi connectivity index (χ1n) is 16.1. The zero-order valence-corrected chi connectivity index (χ0v) is 25.5. The van der Waals surface area contributed by atoms with Crippen LogP contribution in [0.2, 0.25) is 0 Å². The lowest BCUT2D eigenvalue weighted by atomic mass is 9.99. The largest absolute Gasteiger partial charge is 0.394 e. The topological polar surface area (TPSA) is 149 Å². The molecule has 1 fully saturated rings. The van der Waals surface area contributed by atoms with E-state index in [9.17, 15) is 30.3 Å². The summed E-state index contributed by atoms with van der Waals surface area (Å²) in [4.78, 5) is 12.7. The fourth-order valence-corrected chi connectivity index (χ4v) is 4.78. The van der Waals surface area contributed by atoms with Crippen LogP contribution in [0.15, 0.2) is 24.3 Å². The minimum Gasteiger partial charge on any atom is -0.394 e. The van der Waals surface area contributed by atoms with Crippen LogP contribution in [0.3, 0.4) is 0 Å². The second-order valence-electron chi connectivity index (χ2n) is 11.2. The summed E-state index contributed by atoms with van der Waals surface area (Å²) in [6, 6.07) is -0.800. The molecule has 0 spiro atoms. The molecule has 9 nitrogen and oxygen atoms in total. The third kappa shape index (κ3) is 16.8.